The van der Waals surface area contributed by atoms with E-state index in [-0.39, 0.29) is 11.8 Å². The van der Waals surface area contributed by atoms with Crippen LogP contribution >= 0.6 is 0 Å². The Kier molecular flexibility index (Phi) is 4.14. The van der Waals surface area contributed by atoms with Gasteiger partial charge in [-0.25, -0.2) is 9.97 Å². The predicted molar refractivity (Wildman–Crippen MR) is 101 cm³/mol. The Hall–Kier alpha value is -3.22. The summed E-state index contributed by atoms with van der Waals surface area (Å²) in [6.45, 7) is 5.78. The molecular weight excluding hydrogens is 342 g/mol. The number of carbonyl (C=O) groups excluding carboxylic acids is 1. The first-order valence-electron chi connectivity index (χ1n) is 8.82. The molecule has 1 amide bonds. The number of hydrogen-bond donors (Lipinski definition) is 1. The molecule has 138 valence electrons. The molecule has 3 heterocycles. The fourth-order valence-electron chi connectivity index (χ4n) is 3.64. The summed E-state index contributed by atoms with van der Waals surface area (Å²) in [5, 5.41) is 7.61. The molecule has 0 aliphatic carbocycles. The summed E-state index contributed by atoms with van der Waals surface area (Å²) in [5.74, 6) is 1.72. The van der Waals surface area contributed by atoms with Crippen LogP contribution in [0.2, 0.25) is 0 Å². The number of fused-ring (bicyclic) bond motifs is 1. The highest BCUT2D eigenvalue weighted by Gasteiger charge is 2.33. The van der Waals surface area contributed by atoms with E-state index in [4.69, 9.17) is 4.74 Å². The zero-order valence-corrected chi connectivity index (χ0v) is 15.8. The second-order valence-electron chi connectivity index (χ2n) is 6.79. The van der Waals surface area contributed by atoms with E-state index < -0.39 is 0 Å². The van der Waals surface area contributed by atoms with Crippen LogP contribution in [0.1, 0.15) is 40.5 Å². The van der Waals surface area contributed by atoms with Crippen molar-refractivity contribution in [1.82, 2.24) is 19.7 Å². The van der Waals surface area contributed by atoms with Gasteiger partial charge in [-0.2, -0.15) is 9.78 Å². The minimum atomic E-state index is -0.0940. The minimum Gasteiger partial charge on any atom is -0.497 e. The molecular formula is C20H21N5O2. The zero-order valence-electron chi connectivity index (χ0n) is 15.8. The molecule has 1 unspecified atom stereocenters. The van der Waals surface area contributed by atoms with Crippen molar-refractivity contribution in [2.24, 2.45) is 0 Å². The molecule has 7 nitrogen and oxygen atoms in total. The highest BCUT2D eigenvalue weighted by molar-refractivity contribution is 5.95. The number of methoxy groups -OCH3 is 1. The predicted octanol–water partition coefficient (Wildman–Crippen LogP) is 3.07. The topological polar surface area (TPSA) is 81.9 Å². The van der Waals surface area contributed by atoms with Gasteiger partial charge in [-0.05, 0) is 44.5 Å². The van der Waals surface area contributed by atoms with E-state index in [9.17, 15) is 4.79 Å². The molecule has 1 aliphatic heterocycles. The van der Waals surface area contributed by atoms with Gasteiger partial charge in [-0.3, -0.25) is 4.79 Å². The lowest BCUT2D eigenvalue weighted by Crippen LogP contribution is -2.25. The number of amides is 1. The summed E-state index contributed by atoms with van der Waals surface area (Å²) in [6.07, 6.45) is 0.362. The van der Waals surface area contributed by atoms with Gasteiger partial charge in [0.05, 0.1) is 12.8 Å². The van der Waals surface area contributed by atoms with Crippen molar-refractivity contribution < 1.29 is 9.53 Å². The van der Waals surface area contributed by atoms with E-state index in [2.05, 4.69) is 20.4 Å². The second-order valence-corrected chi connectivity index (χ2v) is 6.79. The van der Waals surface area contributed by atoms with Gasteiger partial charge < -0.3 is 10.1 Å². The van der Waals surface area contributed by atoms with Crippen LogP contribution in [0, 0.1) is 20.8 Å². The van der Waals surface area contributed by atoms with Gasteiger partial charge in [0, 0.05) is 29.3 Å². The Bertz CT molecular complexity index is 1020. The summed E-state index contributed by atoms with van der Waals surface area (Å²) in [6, 6.07) is 9.72. The number of nitrogens with zero attached hydrogens (tertiary/aromatic N) is 4. The van der Waals surface area contributed by atoms with Gasteiger partial charge in [-0.1, -0.05) is 12.1 Å². The van der Waals surface area contributed by atoms with Crippen molar-refractivity contribution in [2.75, 3.05) is 12.4 Å². The molecule has 1 N–H and O–H groups in total. The third kappa shape index (κ3) is 3.05. The fourth-order valence-corrected chi connectivity index (χ4v) is 3.64. The molecule has 4 rings (SSSR count). The molecule has 1 atom stereocenters. The number of hydrogen-bond acceptors (Lipinski definition) is 5. The Balaban J connectivity index is 1.88. The summed E-state index contributed by atoms with van der Waals surface area (Å²) < 4.78 is 6.98. The van der Waals surface area contributed by atoms with Crippen molar-refractivity contribution >= 4 is 11.7 Å². The van der Waals surface area contributed by atoms with Gasteiger partial charge in [0.2, 0.25) is 5.91 Å². The molecule has 3 aromatic rings. The highest BCUT2D eigenvalue weighted by atomic mass is 16.5. The normalized spacial score (nSPS) is 16.0. The number of aromatic nitrogens is 4. The van der Waals surface area contributed by atoms with E-state index in [1.54, 1.807) is 11.8 Å². The standard InChI is InChI=1S/C20H21N5O2/c1-11-8-12(2)22-20(21-11)25-19-18(13(3)24-25)16(10-17(26)23-19)14-6-5-7-15(9-14)27-4/h5-9,16H,10H2,1-4H3,(H,23,26). The van der Waals surface area contributed by atoms with Crippen LogP contribution in [0.15, 0.2) is 30.3 Å². The average molecular weight is 363 g/mol. The van der Waals surface area contributed by atoms with Gasteiger partial charge in [0.15, 0.2) is 0 Å². The van der Waals surface area contributed by atoms with E-state index in [1.165, 1.54) is 0 Å². The Morgan fingerprint density at radius 2 is 1.89 bits per heavy atom. The summed E-state index contributed by atoms with van der Waals surface area (Å²) >= 11 is 0. The van der Waals surface area contributed by atoms with Crippen molar-refractivity contribution in [3.8, 4) is 11.7 Å². The first-order chi connectivity index (χ1) is 13.0. The maximum atomic E-state index is 12.5. The maximum absolute atomic E-state index is 12.5. The van der Waals surface area contributed by atoms with Crippen molar-refractivity contribution in [2.45, 2.75) is 33.1 Å². The first-order valence-corrected chi connectivity index (χ1v) is 8.82. The fraction of sp³-hybridized carbons (Fsp3) is 0.300. The number of nitrogens with one attached hydrogen (secondary N) is 1. The number of benzene rings is 1. The molecule has 0 fully saturated rings. The molecule has 0 saturated heterocycles. The number of carbonyl (C=O) groups is 1. The monoisotopic (exact) mass is 363 g/mol. The molecule has 0 spiro atoms. The quantitative estimate of drug-likeness (QED) is 0.773. The highest BCUT2D eigenvalue weighted by Crippen LogP contribution is 2.40. The molecule has 0 bridgehead atoms. The SMILES string of the molecule is COc1cccc(C2CC(=O)Nc3c2c(C)nn3-c2nc(C)cc(C)n2)c1. The lowest BCUT2D eigenvalue weighted by atomic mass is 9.86. The smallest absolute Gasteiger partial charge is 0.252 e. The summed E-state index contributed by atoms with van der Waals surface area (Å²) in [4.78, 5) is 21.5. The minimum absolute atomic E-state index is 0.0548. The Morgan fingerprint density at radius 1 is 1.15 bits per heavy atom. The van der Waals surface area contributed by atoms with Gasteiger partial charge in [0.25, 0.3) is 5.95 Å². The molecule has 7 heteroatoms. The molecule has 2 aromatic heterocycles. The average Bonchev–Trinajstić information content (AvgIpc) is 2.97. The second kappa shape index (κ2) is 6.50. The zero-order chi connectivity index (χ0) is 19.1. The van der Waals surface area contributed by atoms with Crippen LogP contribution in [-0.4, -0.2) is 32.8 Å². The third-order valence-corrected chi connectivity index (χ3v) is 4.76. The summed E-state index contributed by atoms with van der Waals surface area (Å²) in [5.41, 5.74) is 4.57. The van der Waals surface area contributed by atoms with Crippen LogP contribution in [0.3, 0.4) is 0 Å². The van der Waals surface area contributed by atoms with Crippen molar-refractivity contribution in [1.29, 1.82) is 0 Å². The Labute approximate surface area is 157 Å². The van der Waals surface area contributed by atoms with Gasteiger partial charge in [-0.15, -0.1) is 0 Å². The molecule has 27 heavy (non-hydrogen) atoms. The maximum Gasteiger partial charge on any atom is 0.252 e. The van der Waals surface area contributed by atoms with Gasteiger partial charge >= 0.3 is 0 Å². The molecule has 1 aromatic carbocycles. The van der Waals surface area contributed by atoms with Crippen LogP contribution in [0.4, 0.5) is 5.82 Å². The molecule has 0 saturated carbocycles. The number of rotatable bonds is 3. The van der Waals surface area contributed by atoms with E-state index in [0.29, 0.717) is 18.2 Å². The van der Waals surface area contributed by atoms with Crippen molar-refractivity contribution in [3.63, 3.8) is 0 Å². The van der Waals surface area contributed by atoms with E-state index in [1.807, 2.05) is 51.1 Å². The summed E-state index contributed by atoms with van der Waals surface area (Å²) in [7, 11) is 1.64. The van der Waals surface area contributed by atoms with Crippen LogP contribution in [0.25, 0.3) is 5.95 Å². The number of anilines is 1. The van der Waals surface area contributed by atoms with E-state index >= 15 is 0 Å². The molecule has 0 radical (unpaired) electrons. The molecule has 1 aliphatic rings. The van der Waals surface area contributed by atoms with Crippen molar-refractivity contribution in [3.05, 3.63) is 58.5 Å². The van der Waals surface area contributed by atoms with E-state index in [0.717, 1.165) is 34.0 Å². The third-order valence-electron chi connectivity index (χ3n) is 4.76. The Morgan fingerprint density at radius 3 is 2.59 bits per heavy atom. The van der Waals surface area contributed by atoms with Crippen LogP contribution in [-0.2, 0) is 4.79 Å². The lowest BCUT2D eigenvalue weighted by molar-refractivity contribution is -0.116. The number of ether oxygens (including phenoxy) is 1. The van der Waals surface area contributed by atoms with Gasteiger partial charge in [0.1, 0.15) is 11.6 Å². The largest absolute Gasteiger partial charge is 0.497 e. The van der Waals surface area contributed by atoms with Crippen LogP contribution < -0.4 is 10.1 Å². The number of aryl methyl sites for hydroxylation is 3. The lowest BCUT2D eigenvalue weighted by Gasteiger charge is -2.24. The first kappa shape index (κ1) is 17.2. The van der Waals surface area contributed by atoms with Crippen LogP contribution in [0.5, 0.6) is 5.75 Å².